The van der Waals surface area contributed by atoms with Gasteiger partial charge in [-0.2, -0.15) is 0 Å². The van der Waals surface area contributed by atoms with Crippen LogP contribution in [0, 0.1) is 4.77 Å². The molecule has 0 radical (unpaired) electrons. The van der Waals surface area contributed by atoms with E-state index in [1.54, 1.807) is 0 Å². The molecule has 1 aromatic rings. The van der Waals surface area contributed by atoms with Gasteiger partial charge in [0.2, 0.25) is 5.95 Å². The van der Waals surface area contributed by atoms with E-state index in [4.69, 9.17) is 17.0 Å². The maximum atomic E-state index is 5.69. The Morgan fingerprint density at radius 2 is 2.05 bits per heavy atom. The van der Waals surface area contributed by atoms with Crippen molar-refractivity contribution in [2.24, 2.45) is 0 Å². The summed E-state index contributed by atoms with van der Waals surface area (Å²) < 4.78 is 8.68. The van der Waals surface area contributed by atoms with Gasteiger partial charge in [0, 0.05) is 19.7 Å². The average Bonchev–Trinajstić information content (AvgIpc) is 3.05. The number of anilines is 1. The SMILES string of the molecule is CC1OCCC1N(C)c1n[nH]c(=S)n1C1CCCCC1. The lowest BCUT2D eigenvalue weighted by atomic mass is 9.95. The van der Waals surface area contributed by atoms with Crippen LogP contribution in [-0.4, -0.2) is 40.6 Å². The van der Waals surface area contributed by atoms with Gasteiger partial charge in [0.25, 0.3) is 0 Å². The van der Waals surface area contributed by atoms with E-state index < -0.39 is 0 Å². The van der Waals surface area contributed by atoms with E-state index in [0.717, 1.165) is 23.7 Å². The molecule has 1 N–H and O–H groups in total. The zero-order valence-corrected chi connectivity index (χ0v) is 13.2. The van der Waals surface area contributed by atoms with Gasteiger partial charge < -0.3 is 9.64 Å². The van der Waals surface area contributed by atoms with Crippen LogP contribution in [0.1, 0.15) is 51.5 Å². The van der Waals surface area contributed by atoms with Crippen molar-refractivity contribution in [3.05, 3.63) is 4.77 Å². The fourth-order valence-corrected chi connectivity index (χ4v) is 3.87. The molecule has 0 amide bonds. The Kier molecular flexibility index (Phi) is 4.12. The van der Waals surface area contributed by atoms with Gasteiger partial charge in [-0.1, -0.05) is 19.3 Å². The van der Waals surface area contributed by atoms with Gasteiger partial charge in [-0.25, -0.2) is 5.10 Å². The summed E-state index contributed by atoms with van der Waals surface area (Å²) in [5.74, 6) is 0.976. The van der Waals surface area contributed by atoms with E-state index in [9.17, 15) is 0 Å². The van der Waals surface area contributed by atoms with E-state index in [1.165, 1.54) is 32.1 Å². The Morgan fingerprint density at radius 1 is 1.30 bits per heavy atom. The molecule has 2 atom stereocenters. The van der Waals surface area contributed by atoms with Crippen molar-refractivity contribution in [2.45, 2.75) is 63.6 Å². The second-order valence-corrected chi connectivity index (χ2v) is 6.42. The topological polar surface area (TPSA) is 46.1 Å². The molecule has 112 valence electrons. The predicted octanol–water partition coefficient (Wildman–Crippen LogP) is 3.06. The maximum Gasteiger partial charge on any atom is 0.226 e. The third-order valence-corrected chi connectivity index (χ3v) is 5.06. The first kappa shape index (κ1) is 14.1. The molecular weight excluding hydrogens is 272 g/mol. The summed E-state index contributed by atoms with van der Waals surface area (Å²) in [4.78, 5) is 2.25. The van der Waals surface area contributed by atoms with Crippen LogP contribution in [0.15, 0.2) is 0 Å². The van der Waals surface area contributed by atoms with E-state index in [-0.39, 0.29) is 6.10 Å². The molecule has 2 fully saturated rings. The van der Waals surface area contributed by atoms with Crippen molar-refractivity contribution in [1.82, 2.24) is 14.8 Å². The van der Waals surface area contributed by atoms with Gasteiger partial charge in [-0.15, -0.1) is 5.10 Å². The smallest absolute Gasteiger partial charge is 0.226 e. The van der Waals surface area contributed by atoms with Gasteiger partial charge >= 0.3 is 0 Å². The van der Waals surface area contributed by atoms with Crippen LogP contribution in [0.2, 0.25) is 0 Å². The first-order chi connectivity index (χ1) is 9.68. The minimum Gasteiger partial charge on any atom is -0.376 e. The molecule has 1 saturated carbocycles. The van der Waals surface area contributed by atoms with Crippen LogP contribution in [0.5, 0.6) is 0 Å². The second-order valence-electron chi connectivity index (χ2n) is 6.03. The van der Waals surface area contributed by atoms with Crippen LogP contribution in [-0.2, 0) is 4.74 Å². The Labute approximate surface area is 125 Å². The number of hydrogen-bond donors (Lipinski definition) is 1. The summed E-state index contributed by atoms with van der Waals surface area (Å²) in [6, 6.07) is 0.896. The summed E-state index contributed by atoms with van der Waals surface area (Å²) in [6.45, 7) is 2.98. The summed E-state index contributed by atoms with van der Waals surface area (Å²) in [7, 11) is 2.11. The number of rotatable bonds is 3. The van der Waals surface area contributed by atoms with Gasteiger partial charge in [-0.3, -0.25) is 4.57 Å². The minimum atomic E-state index is 0.255. The van der Waals surface area contributed by atoms with Gasteiger partial charge in [-0.05, 0) is 38.4 Å². The van der Waals surface area contributed by atoms with E-state index >= 15 is 0 Å². The number of hydrogen-bond acceptors (Lipinski definition) is 4. The highest BCUT2D eigenvalue weighted by atomic mass is 32.1. The summed E-state index contributed by atoms with van der Waals surface area (Å²) in [5, 5.41) is 7.47. The highest BCUT2D eigenvalue weighted by Gasteiger charge is 2.31. The van der Waals surface area contributed by atoms with Crippen molar-refractivity contribution in [3.63, 3.8) is 0 Å². The minimum absolute atomic E-state index is 0.255. The fourth-order valence-electron chi connectivity index (χ4n) is 3.59. The van der Waals surface area contributed by atoms with Gasteiger partial charge in [0.05, 0.1) is 12.1 Å². The Balaban J connectivity index is 1.87. The molecule has 2 heterocycles. The average molecular weight is 296 g/mol. The largest absolute Gasteiger partial charge is 0.376 e. The highest BCUT2D eigenvalue weighted by molar-refractivity contribution is 7.71. The quantitative estimate of drug-likeness (QED) is 0.871. The zero-order valence-electron chi connectivity index (χ0n) is 12.3. The lowest BCUT2D eigenvalue weighted by Crippen LogP contribution is -2.39. The second kappa shape index (κ2) is 5.85. The van der Waals surface area contributed by atoms with Crippen LogP contribution in [0.3, 0.4) is 0 Å². The molecule has 2 unspecified atom stereocenters. The first-order valence-electron chi connectivity index (χ1n) is 7.70. The molecule has 1 saturated heterocycles. The van der Waals surface area contributed by atoms with Crippen LogP contribution >= 0.6 is 12.2 Å². The number of aromatic amines is 1. The standard InChI is InChI=1S/C14H24N4OS/c1-10-12(8-9-19-10)17(2)13-15-16-14(20)18(13)11-6-4-3-5-7-11/h10-12H,3-9H2,1-2H3,(H,16,20). The molecule has 1 aromatic heterocycles. The third-order valence-electron chi connectivity index (χ3n) is 4.77. The molecule has 1 aliphatic carbocycles. The van der Waals surface area contributed by atoms with Crippen LogP contribution in [0.25, 0.3) is 0 Å². The number of aromatic nitrogens is 3. The normalized spacial score (nSPS) is 27.9. The van der Waals surface area contributed by atoms with Gasteiger partial charge in [0.1, 0.15) is 0 Å². The van der Waals surface area contributed by atoms with Crippen molar-refractivity contribution in [1.29, 1.82) is 0 Å². The number of nitrogens with zero attached hydrogens (tertiary/aromatic N) is 3. The molecule has 1 aliphatic heterocycles. The van der Waals surface area contributed by atoms with Crippen LogP contribution < -0.4 is 4.90 Å². The number of nitrogens with one attached hydrogen (secondary N) is 1. The Bertz CT molecular complexity index is 506. The predicted molar refractivity (Wildman–Crippen MR) is 81.8 cm³/mol. The summed E-state index contributed by atoms with van der Waals surface area (Å²) in [5.41, 5.74) is 0. The number of likely N-dealkylation sites (N-methyl/N-ethyl adjacent to an activating group) is 1. The summed E-state index contributed by atoms with van der Waals surface area (Å²) >= 11 is 5.46. The molecule has 2 aliphatic rings. The van der Waals surface area contributed by atoms with Gasteiger partial charge in [0.15, 0.2) is 4.77 Å². The van der Waals surface area contributed by atoms with Crippen molar-refractivity contribution >= 4 is 18.2 Å². The number of ether oxygens (including phenoxy) is 1. The number of H-pyrrole nitrogens is 1. The van der Waals surface area contributed by atoms with E-state index in [1.807, 2.05) is 0 Å². The molecule has 0 spiro atoms. The fraction of sp³-hybridized carbons (Fsp3) is 0.857. The monoisotopic (exact) mass is 296 g/mol. The van der Waals surface area contributed by atoms with Crippen molar-refractivity contribution in [3.8, 4) is 0 Å². The lowest BCUT2D eigenvalue weighted by molar-refractivity contribution is 0.118. The molecule has 6 heteroatoms. The zero-order chi connectivity index (χ0) is 14.1. The molecule has 0 aromatic carbocycles. The van der Waals surface area contributed by atoms with Crippen molar-refractivity contribution in [2.75, 3.05) is 18.6 Å². The third kappa shape index (κ3) is 2.51. The summed E-state index contributed by atoms with van der Waals surface area (Å²) in [6.07, 6.45) is 7.68. The molecule has 3 rings (SSSR count). The maximum absolute atomic E-state index is 5.69. The lowest BCUT2D eigenvalue weighted by Gasteiger charge is -2.31. The van der Waals surface area contributed by atoms with E-state index in [2.05, 4.69) is 33.6 Å². The Hall–Kier alpha value is -0.880. The molecule has 0 bridgehead atoms. The van der Waals surface area contributed by atoms with Crippen molar-refractivity contribution < 1.29 is 4.74 Å². The molecule has 5 nitrogen and oxygen atoms in total. The first-order valence-corrected chi connectivity index (χ1v) is 8.10. The van der Waals surface area contributed by atoms with Crippen LogP contribution in [0.4, 0.5) is 5.95 Å². The Morgan fingerprint density at radius 3 is 2.70 bits per heavy atom. The van der Waals surface area contributed by atoms with E-state index in [0.29, 0.717) is 12.1 Å². The highest BCUT2D eigenvalue weighted by Crippen LogP contribution is 2.32. The molecular formula is C14H24N4OS. The molecule has 20 heavy (non-hydrogen) atoms.